The zero-order chi connectivity index (χ0) is 12.1. The van der Waals surface area contributed by atoms with Gasteiger partial charge in [-0.05, 0) is 28.5 Å². The van der Waals surface area contributed by atoms with Crippen molar-refractivity contribution in [2.75, 3.05) is 11.9 Å². The number of pyridine rings is 1. The summed E-state index contributed by atoms with van der Waals surface area (Å²) >= 11 is 1.54. The van der Waals surface area contributed by atoms with Crippen molar-refractivity contribution in [3.05, 3.63) is 46.4 Å². The van der Waals surface area contributed by atoms with E-state index in [9.17, 15) is 5.11 Å². The first-order valence-corrected chi connectivity index (χ1v) is 6.03. The maximum absolute atomic E-state index is 9.88. The van der Waals surface area contributed by atoms with Gasteiger partial charge in [0.05, 0.1) is 23.6 Å². The molecule has 0 radical (unpaired) electrons. The van der Waals surface area contributed by atoms with Gasteiger partial charge in [0, 0.05) is 12.7 Å². The molecule has 5 heteroatoms. The van der Waals surface area contributed by atoms with Crippen molar-refractivity contribution in [2.24, 2.45) is 0 Å². The lowest BCUT2D eigenvalue weighted by Gasteiger charge is -2.12. The lowest BCUT2D eigenvalue weighted by atomic mass is 10.2. The molecule has 2 aromatic heterocycles. The van der Waals surface area contributed by atoms with Crippen LogP contribution in [0.2, 0.25) is 0 Å². The highest BCUT2D eigenvalue weighted by atomic mass is 32.1. The number of nitrogens with one attached hydrogen (secondary N) is 1. The van der Waals surface area contributed by atoms with Crippen LogP contribution in [0.4, 0.5) is 5.69 Å². The van der Waals surface area contributed by atoms with E-state index in [-0.39, 0.29) is 0 Å². The van der Waals surface area contributed by atoms with Gasteiger partial charge in [0.25, 0.3) is 0 Å². The van der Waals surface area contributed by atoms with Crippen molar-refractivity contribution >= 4 is 17.0 Å². The van der Waals surface area contributed by atoms with Crippen molar-refractivity contribution in [3.8, 4) is 6.07 Å². The number of aliphatic hydroxyl groups is 1. The third kappa shape index (κ3) is 2.81. The highest BCUT2D eigenvalue weighted by molar-refractivity contribution is 7.07. The molecule has 1 unspecified atom stereocenters. The monoisotopic (exact) mass is 245 g/mol. The van der Waals surface area contributed by atoms with Gasteiger partial charge >= 0.3 is 0 Å². The van der Waals surface area contributed by atoms with Crippen LogP contribution in [0, 0.1) is 11.3 Å². The molecule has 1 atom stereocenters. The van der Waals surface area contributed by atoms with E-state index >= 15 is 0 Å². The Morgan fingerprint density at radius 3 is 3.12 bits per heavy atom. The molecule has 0 saturated carbocycles. The minimum Gasteiger partial charge on any atom is -0.387 e. The Balaban J connectivity index is 2.01. The van der Waals surface area contributed by atoms with Crippen LogP contribution in [0.1, 0.15) is 17.2 Å². The Bertz CT molecular complexity index is 519. The number of anilines is 1. The molecule has 2 heterocycles. The van der Waals surface area contributed by atoms with Crippen LogP contribution in [-0.2, 0) is 0 Å². The molecular weight excluding hydrogens is 234 g/mol. The van der Waals surface area contributed by atoms with Gasteiger partial charge in [0.2, 0.25) is 0 Å². The summed E-state index contributed by atoms with van der Waals surface area (Å²) in [7, 11) is 0. The standard InChI is InChI=1S/C12H11N3OS/c13-5-9-1-3-14-6-11(9)15-7-12(16)10-2-4-17-8-10/h1-4,6,8,12,15-16H,7H2. The number of aliphatic hydroxyl groups excluding tert-OH is 1. The first kappa shape index (κ1) is 11.6. The molecule has 86 valence electrons. The van der Waals surface area contributed by atoms with Gasteiger partial charge in [-0.2, -0.15) is 16.6 Å². The van der Waals surface area contributed by atoms with E-state index in [0.29, 0.717) is 17.8 Å². The molecular formula is C12H11N3OS. The average Bonchev–Trinajstić information content (AvgIpc) is 2.90. The molecule has 2 N–H and O–H groups in total. The molecule has 2 rings (SSSR count). The molecule has 0 saturated heterocycles. The molecule has 0 aromatic carbocycles. The van der Waals surface area contributed by atoms with Gasteiger partial charge in [-0.3, -0.25) is 4.98 Å². The van der Waals surface area contributed by atoms with E-state index in [4.69, 9.17) is 5.26 Å². The number of nitrogens with zero attached hydrogens (tertiary/aromatic N) is 2. The second kappa shape index (κ2) is 5.43. The minimum atomic E-state index is -0.576. The quantitative estimate of drug-likeness (QED) is 0.866. The summed E-state index contributed by atoms with van der Waals surface area (Å²) in [5.41, 5.74) is 2.05. The summed E-state index contributed by atoms with van der Waals surface area (Å²) < 4.78 is 0. The number of thiophene rings is 1. The van der Waals surface area contributed by atoms with Gasteiger partial charge in [0.1, 0.15) is 6.07 Å². The normalized spacial score (nSPS) is 11.8. The Morgan fingerprint density at radius 1 is 1.53 bits per heavy atom. The van der Waals surface area contributed by atoms with E-state index in [1.165, 1.54) is 0 Å². The topological polar surface area (TPSA) is 68.9 Å². The Morgan fingerprint density at radius 2 is 2.41 bits per heavy atom. The Hall–Kier alpha value is -1.90. The van der Waals surface area contributed by atoms with Gasteiger partial charge in [-0.1, -0.05) is 0 Å². The summed E-state index contributed by atoms with van der Waals surface area (Å²) in [6.45, 7) is 0.358. The van der Waals surface area contributed by atoms with E-state index in [2.05, 4.69) is 16.4 Å². The second-order valence-electron chi connectivity index (χ2n) is 3.49. The van der Waals surface area contributed by atoms with E-state index in [0.717, 1.165) is 5.56 Å². The zero-order valence-corrected chi connectivity index (χ0v) is 9.81. The van der Waals surface area contributed by atoms with Crippen LogP contribution >= 0.6 is 11.3 Å². The predicted octanol–water partition coefficient (Wildman–Crippen LogP) is 2.16. The first-order valence-electron chi connectivity index (χ1n) is 5.09. The molecule has 0 spiro atoms. The summed E-state index contributed by atoms with van der Waals surface area (Å²) in [5.74, 6) is 0. The van der Waals surface area contributed by atoms with E-state index in [1.54, 1.807) is 29.8 Å². The summed E-state index contributed by atoms with van der Waals surface area (Å²) in [6.07, 6.45) is 2.57. The SMILES string of the molecule is N#Cc1ccncc1NCC(O)c1ccsc1. The zero-order valence-electron chi connectivity index (χ0n) is 9.00. The molecule has 0 aliphatic rings. The summed E-state index contributed by atoms with van der Waals surface area (Å²) in [5, 5.41) is 25.6. The molecule has 0 aliphatic heterocycles. The lowest BCUT2D eigenvalue weighted by Crippen LogP contribution is -2.12. The van der Waals surface area contributed by atoms with Crippen LogP contribution in [0.25, 0.3) is 0 Å². The lowest BCUT2D eigenvalue weighted by molar-refractivity contribution is 0.192. The highest BCUT2D eigenvalue weighted by Crippen LogP contribution is 2.18. The first-order chi connectivity index (χ1) is 8.31. The number of hydrogen-bond acceptors (Lipinski definition) is 5. The second-order valence-corrected chi connectivity index (χ2v) is 4.27. The van der Waals surface area contributed by atoms with Crippen LogP contribution in [0.15, 0.2) is 35.3 Å². The van der Waals surface area contributed by atoms with Gasteiger partial charge in [-0.15, -0.1) is 0 Å². The fourth-order valence-electron chi connectivity index (χ4n) is 1.42. The minimum absolute atomic E-state index is 0.358. The third-order valence-electron chi connectivity index (χ3n) is 2.36. The number of aromatic nitrogens is 1. The maximum Gasteiger partial charge on any atom is 0.101 e. The Kier molecular flexibility index (Phi) is 3.70. The predicted molar refractivity (Wildman–Crippen MR) is 66.7 cm³/mol. The number of nitriles is 1. The molecule has 4 nitrogen and oxygen atoms in total. The van der Waals surface area contributed by atoms with E-state index in [1.807, 2.05) is 16.8 Å². The van der Waals surface area contributed by atoms with Crippen molar-refractivity contribution in [1.29, 1.82) is 5.26 Å². The fourth-order valence-corrected chi connectivity index (χ4v) is 2.13. The van der Waals surface area contributed by atoms with Gasteiger partial charge in [0.15, 0.2) is 0 Å². The van der Waals surface area contributed by atoms with Crippen molar-refractivity contribution in [2.45, 2.75) is 6.10 Å². The summed E-state index contributed by atoms with van der Waals surface area (Å²) in [6, 6.07) is 5.59. The van der Waals surface area contributed by atoms with Crippen LogP contribution in [0.3, 0.4) is 0 Å². The highest BCUT2D eigenvalue weighted by Gasteiger charge is 2.08. The number of rotatable bonds is 4. The van der Waals surface area contributed by atoms with Crippen molar-refractivity contribution in [1.82, 2.24) is 4.98 Å². The molecule has 0 bridgehead atoms. The van der Waals surface area contributed by atoms with Gasteiger partial charge < -0.3 is 10.4 Å². The van der Waals surface area contributed by atoms with E-state index < -0.39 is 6.10 Å². The van der Waals surface area contributed by atoms with Crippen LogP contribution in [0.5, 0.6) is 0 Å². The van der Waals surface area contributed by atoms with Crippen molar-refractivity contribution < 1.29 is 5.11 Å². The van der Waals surface area contributed by atoms with Crippen LogP contribution in [-0.4, -0.2) is 16.6 Å². The maximum atomic E-state index is 9.88. The third-order valence-corrected chi connectivity index (χ3v) is 3.06. The largest absolute Gasteiger partial charge is 0.387 e. The molecule has 0 fully saturated rings. The fraction of sp³-hybridized carbons (Fsp3) is 0.167. The molecule has 2 aromatic rings. The smallest absolute Gasteiger partial charge is 0.101 e. The number of hydrogen-bond donors (Lipinski definition) is 2. The molecule has 17 heavy (non-hydrogen) atoms. The summed E-state index contributed by atoms with van der Waals surface area (Å²) in [4.78, 5) is 3.94. The Labute approximate surface area is 103 Å². The average molecular weight is 245 g/mol. The van der Waals surface area contributed by atoms with Crippen LogP contribution < -0.4 is 5.32 Å². The molecule has 0 aliphatic carbocycles. The van der Waals surface area contributed by atoms with Gasteiger partial charge in [-0.25, -0.2) is 0 Å². The molecule has 0 amide bonds. The van der Waals surface area contributed by atoms with Crippen molar-refractivity contribution in [3.63, 3.8) is 0 Å².